The summed E-state index contributed by atoms with van der Waals surface area (Å²) in [7, 11) is 5.25. The van der Waals surface area contributed by atoms with E-state index in [1.54, 1.807) is 25.6 Å². The van der Waals surface area contributed by atoms with Crippen molar-refractivity contribution in [1.82, 2.24) is 5.32 Å². The lowest BCUT2D eigenvalue weighted by Gasteiger charge is -2.19. The summed E-state index contributed by atoms with van der Waals surface area (Å²) in [5.74, 6) is 1.45. The van der Waals surface area contributed by atoms with Crippen LogP contribution < -0.4 is 14.8 Å². The quantitative estimate of drug-likeness (QED) is 0.659. The van der Waals surface area contributed by atoms with Crippen molar-refractivity contribution in [3.63, 3.8) is 0 Å². The van der Waals surface area contributed by atoms with Gasteiger partial charge in [-0.25, -0.2) is 0 Å². The van der Waals surface area contributed by atoms with Crippen LogP contribution in [-0.2, 0) is 0 Å². The van der Waals surface area contributed by atoms with Crippen LogP contribution >= 0.6 is 49.9 Å². The maximum absolute atomic E-state index is 5.40. The molecular weight excluding hydrogens is 453 g/mol. The molecular formula is C14H15BrINO2S. The fourth-order valence-electron chi connectivity index (χ4n) is 2.07. The molecule has 1 aromatic heterocycles. The summed E-state index contributed by atoms with van der Waals surface area (Å²) in [6, 6.07) is 6.25. The van der Waals surface area contributed by atoms with Crippen LogP contribution in [0.15, 0.2) is 28.1 Å². The van der Waals surface area contributed by atoms with Crippen LogP contribution in [0.3, 0.4) is 0 Å². The summed E-state index contributed by atoms with van der Waals surface area (Å²) in [4.78, 5) is 0. The molecule has 0 aliphatic carbocycles. The number of methoxy groups -OCH3 is 2. The van der Waals surface area contributed by atoms with E-state index < -0.39 is 0 Å². The monoisotopic (exact) mass is 467 g/mol. The van der Waals surface area contributed by atoms with Gasteiger partial charge in [-0.15, -0.1) is 11.3 Å². The second kappa shape index (κ2) is 7.11. The molecule has 0 bridgehead atoms. The molecule has 2 rings (SSSR count). The molecule has 0 saturated heterocycles. The average molecular weight is 468 g/mol. The molecule has 1 aromatic carbocycles. The summed E-state index contributed by atoms with van der Waals surface area (Å²) in [5, 5.41) is 5.53. The Kier molecular flexibility index (Phi) is 5.71. The topological polar surface area (TPSA) is 30.5 Å². The molecule has 1 N–H and O–H groups in total. The van der Waals surface area contributed by atoms with E-state index in [-0.39, 0.29) is 6.04 Å². The zero-order valence-electron chi connectivity index (χ0n) is 11.4. The Morgan fingerprint density at radius 1 is 1.20 bits per heavy atom. The van der Waals surface area contributed by atoms with Crippen molar-refractivity contribution < 1.29 is 9.47 Å². The lowest BCUT2D eigenvalue weighted by atomic mass is 10.0. The third-order valence-electron chi connectivity index (χ3n) is 3.02. The zero-order valence-corrected chi connectivity index (χ0v) is 15.9. The molecule has 1 unspecified atom stereocenters. The van der Waals surface area contributed by atoms with Gasteiger partial charge in [-0.1, -0.05) is 15.9 Å². The first-order chi connectivity index (χ1) is 9.60. The van der Waals surface area contributed by atoms with Gasteiger partial charge >= 0.3 is 0 Å². The number of ether oxygens (including phenoxy) is 2. The normalized spacial score (nSPS) is 12.2. The first kappa shape index (κ1) is 16.1. The Hall–Kier alpha value is -0.310. The van der Waals surface area contributed by atoms with Crippen LogP contribution in [0.1, 0.15) is 17.2 Å². The van der Waals surface area contributed by atoms with Gasteiger partial charge in [0.05, 0.1) is 23.1 Å². The first-order valence-electron chi connectivity index (χ1n) is 5.93. The standard InChI is InChI=1S/C14H15BrINO2S/c1-17-14(8-4-13(16)20-7-8)9-5-11(18-2)12(19-3)6-10(9)15/h4-7,14,17H,1-3H3. The molecule has 2 aromatic rings. The van der Waals surface area contributed by atoms with E-state index in [0.29, 0.717) is 0 Å². The lowest BCUT2D eigenvalue weighted by molar-refractivity contribution is 0.354. The summed E-state index contributed by atoms with van der Waals surface area (Å²) in [6.45, 7) is 0. The van der Waals surface area contributed by atoms with Crippen molar-refractivity contribution >= 4 is 49.9 Å². The van der Waals surface area contributed by atoms with Gasteiger partial charge in [-0.2, -0.15) is 0 Å². The van der Waals surface area contributed by atoms with Crippen LogP contribution in [-0.4, -0.2) is 21.3 Å². The van der Waals surface area contributed by atoms with Gasteiger partial charge in [-0.05, 0) is 64.3 Å². The number of nitrogens with one attached hydrogen (secondary N) is 1. The molecule has 0 amide bonds. The minimum absolute atomic E-state index is 0.115. The van der Waals surface area contributed by atoms with Crippen molar-refractivity contribution in [2.45, 2.75) is 6.04 Å². The minimum atomic E-state index is 0.115. The molecule has 1 atom stereocenters. The van der Waals surface area contributed by atoms with Gasteiger partial charge in [0.2, 0.25) is 0 Å². The predicted molar refractivity (Wildman–Crippen MR) is 95.2 cm³/mol. The van der Waals surface area contributed by atoms with Gasteiger partial charge in [0.15, 0.2) is 11.5 Å². The van der Waals surface area contributed by atoms with Crippen molar-refractivity contribution in [3.05, 3.63) is 42.1 Å². The van der Waals surface area contributed by atoms with Gasteiger partial charge in [0, 0.05) is 4.47 Å². The van der Waals surface area contributed by atoms with Gasteiger partial charge in [-0.3, -0.25) is 0 Å². The number of hydrogen-bond donors (Lipinski definition) is 1. The van der Waals surface area contributed by atoms with E-state index in [1.165, 1.54) is 8.45 Å². The highest BCUT2D eigenvalue weighted by Crippen LogP contribution is 2.38. The highest BCUT2D eigenvalue weighted by atomic mass is 127. The third-order valence-corrected chi connectivity index (χ3v) is 5.52. The molecule has 0 saturated carbocycles. The number of hydrogen-bond acceptors (Lipinski definition) is 4. The maximum Gasteiger partial charge on any atom is 0.161 e. The minimum Gasteiger partial charge on any atom is -0.493 e. The maximum atomic E-state index is 5.40. The van der Waals surface area contributed by atoms with E-state index in [4.69, 9.17) is 9.47 Å². The van der Waals surface area contributed by atoms with Crippen LogP contribution in [0.25, 0.3) is 0 Å². The van der Waals surface area contributed by atoms with Crippen LogP contribution in [0.4, 0.5) is 0 Å². The molecule has 20 heavy (non-hydrogen) atoms. The van der Waals surface area contributed by atoms with Gasteiger partial charge in [0.25, 0.3) is 0 Å². The molecule has 0 aliphatic heterocycles. The van der Waals surface area contributed by atoms with Gasteiger partial charge < -0.3 is 14.8 Å². The number of benzene rings is 1. The summed E-state index contributed by atoms with van der Waals surface area (Å²) < 4.78 is 13.0. The molecule has 0 aliphatic rings. The lowest BCUT2D eigenvalue weighted by Crippen LogP contribution is -2.17. The second-order valence-electron chi connectivity index (χ2n) is 4.13. The van der Waals surface area contributed by atoms with Crippen LogP contribution in [0.5, 0.6) is 11.5 Å². The molecule has 3 nitrogen and oxygen atoms in total. The second-order valence-corrected chi connectivity index (χ2v) is 7.79. The summed E-state index contributed by atoms with van der Waals surface area (Å²) in [5.41, 5.74) is 2.37. The highest BCUT2D eigenvalue weighted by molar-refractivity contribution is 14.1. The van der Waals surface area contributed by atoms with Crippen molar-refractivity contribution in [2.75, 3.05) is 21.3 Å². The molecule has 0 spiro atoms. The first-order valence-corrected chi connectivity index (χ1v) is 8.68. The summed E-state index contributed by atoms with van der Waals surface area (Å²) >= 11 is 7.70. The smallest absolute Gasteiger partial charge is 0.161 e. The Bertz CT molecular complexity index is 603. The molecule has 1 heterocycles. The van der Waals surface area contributed by atoms with Gasteiger partial charge in [0.1, 0.15) is 0 Å². The highest BCUT2D eigenvalue weighted by Gasteiger charge is 2.19. The molecule has 0 fully saturated rings. The van der Waals surface area contributed by atoms with E-state index in [1.807, 2.05) is 19.2 Å². The summed E-state index contributed by atoms with van der Waals surface area (Å²) in [6.07, 6.45) is 0. The van der Waals surface area contributed by atoms with E-state index in [9.17, 15) is 0 Å². The molecule has 108 valence electrons. The Morgan fingerprint density at radius 2 is 1.85 bits per heavy atom. The predicted octanol–water partition coefficient (Wildman–Crippen LogP) is 4.44. The molecule has 0 radical (unpaired) electrons. The fraction of sp³-hybridized carbons (Fsp3) is 0.286. The Balaban J connectivity index is 2.49. The zero-order chi connectivity index (χ0) is 14.7. The van der Waals surface area contributed by atoms with Crippen molar-refractivity contribution in [3.8, 4) is 11.5 Å². The Morgan fingerprint density at radius 3 is 2.35 bits per heavy atom. The van der Waals surface area contributed by atoms with E-state index in [0.717, 1.165) is 21.5 Å². The third kappa shape index (κ3) is 3.29. The molecule has 6 heteroatoms. The van der Waals surface area contributed by atoms with Crippen LogP contribution in [0.2, 0.25) is 0 Å². The number of rotatable bonds is 5. The SMILES string of the molecule is CNC(c1csc(I)c1)c1cc(OC)c(OC)cc1Br. The average Bonchev–Trinajstić information content (AvgIpc) is 2.87. The van der Waals surface area contributed by atoms with Crippen molar-refractivity contribution in [2.24, 2.45) is 0 Å². The Labute approximate surface area is 144 Å². The largest absolute Gasteiger partial charge is 0.493 e. The fourth-order valence-corrected chi connectivity index (χ4v) is 4.02. The number of halogens is 2. The van der Waals surface area contributed by atoms with Crippen LogP contribution in [0, 0.1) is 2.88 Å². The van der Waals surface area contributed by atoms with E-state index >= 15 is 0 Å². The van der Waals surface area contributed by atoms with Crippen molar-refractivity contribution in [1.29, 1.82) is 0 Å². The number of thiophene rings is 1. The van der Waals surface area contributed by atoms with E-state index in [2.05, 4.69) is 55.3 Å².